The van der Waals surface area contributed by atoms with E-state index in [4.69, 9.17) is 5.11 Å². The van der Waals surface area contributed by atoms with Gasteiger partial charge in [0.25, 0.3) is 11.1 Å². The lowest BCUT2D eigenvalue weighted by atomic mass is 10.2. The van der Waals surface area contributed by atoms with Gasteiger partial charge in [-0.25, -0.2) is 9.78 Å². The van der Waals surface area contributed by atoms with Gasteiger partial charge < -0.3 is 15.4 Å². The van der Waals surface area contributed by atoms with E-state index in [1.165, 1.54) is 14.0 Å². The molecular weight excluding hydrogens is 322 g/mol. The predicted molar refractivity (Wildman–Crippen MR) is 81.8 cm³/mol. The van der Waals surface area contributed by atoms with Gasteiger partial charge in [0, 0.05) is 19.9 Å². The Morgan fingerprint density at radius 1 is 1.25 bits per heavy atom. The van der Waals surface area contributed by atoms with Crippen LogP contribution in [0.3, 0.4) is 0 Å². The van der Waals surface area contributed by atoms with Gasteiger partial charge >= 0.3 is 11.7 Å². The van der Waals surface area contributed by atoms with Gasteiger partial charge in [-0.2, -0.15) is 0 Å². The molecule has 0 aliphatic carbocycles. The summed E-state index contributed by atoms with van der Waals surface area (Å²) < 4.78 is 1.04. The summed E-state index contributed by atoms with van der Waals surface area (Å²) >= 11 is 0. The first-order chi connectivity index (χ1) is 11.2. The molecule has 0 aliphatic rings. The van der Waals surface area contributed by atoms with Gasteiger partial charge in [0.05, 0.1) is 0 Å². The number of aliphatic carboxylic acids is 1. The van der Waals surface area contributed by atoms with E-state index >= 15 is 0 Å². The third kappa shape index (κ3) is 3.39. The molecule has 24 heavy (non-hydrogen) atoms. The normalized spacial score (nSPS) is 12.1. The Bertz CT molecular complexity index is 985. The number of hydrogen-bond acceptors (Lipinski definition) is 6. The summed E-state index contributed by atoms with van der Waals surface area (Å²) in [6.07, 6.45) is -0.269. The molecule has 0 saturated carbocycles. The van der Waals surface area contributed by atoms with Crippen LogP contribution in [0.4, 0.5) is 0 Å². The molecule has 0 bridgehead atoms. The molecule has 0 spiro atoms. The first kappa shape index (κ1) is 17.1. The summed E-state index contributed by atoms with van der Waals surface area (Å²) in [5.74, 6) is -1.75. The fourth-order valence-electron chi connectivity index (χ4n) is 2.00. The van der Waals surface area contributed by atoms with Crippen LogP contribution < -0.4 is 22.1 Å². The zero-order valence-corrected chi connectivity index (χ0v) is 12.9. The van der Waals surface area contributed by atoms with Crippen molar-refractivity contribution >= 4 is 23.0 Å². The number of aryl methyl sites for hydroxylation is 2. The number of amides is 1. The largest absolute Gasteiger partial charge is 0.480 e. The molecular formula is C13H15N5O6. The second kappa shape index (κ2) is 6.48. The van der Waals surface area contributed by atoms with Gasteiger partial charge in [-0.05, 0) is 6.92 Å². The standard InChI is InChI=1S/C13H15N5O6/c1-5(12(22)23)14-7(19)4-3-6-10(20)16-9-8(15-6)11(21)17-13(24)18(9)2/h5H,3-4H2,1-2H3,(H,14,19)(H,16,20)(H,22,23)(H,17,21,24)/t5-/m0/s1. The first-order valence-corrected chi connectivity index (χ1v) is 6.95. The quantitative estimate of drug-likeness (QED) is 0.481. The van der Waals surface area contributed by atoms with Crippen LogP contribution in [0, 0.1) is 0 Å². The van der Waals surface area contributed by atoms with E-state index in [9.17, 15) is 24.0 Å². The van der Waals surface area contributed by atoms with E-state index in [0.29, 0.717) is 0 Å². The van der Waals surface area contributed by atoms with Crippen molar-refractivity contribution in [3.8, 4) is 0 Å². The molecule has 2 aromatic rings. The summed E-state index contributed by atoms with van der Waals surface area (Å²) in [6.45, 7) is 1.31. The number of rotatable bonds is 5. The molecule has 0 fully saturated rings. The van der Waals surface area contributed by atoms with E-state index < -0.39 is 34.7 Å². The minimum Gasteiger partial charge on any atom is -0.480 e. The lowest BCUT2D eigenvalue weighted by Gasteiger charge is -2.09. The van der Waals surface area contributed by atoms with E-state index in [1.807, 2.05) is 0 Å². The van der Waals surface area contributed by atoms with Crippen LogP contribution in [0.2, 0.25) is 0 Å². The highest BCUT2D eigenvalue weighted by Crippen LogP contribution is 2.00. The minimum absolute atomic E-state index is 0.0264. The van der Waals surface area contributed by atoms with Crippen LogP contribution in [-0.4, -0.2) is 42.5 Å². The van der Waals surface area contributed by atoms with E-state index in [-0.39, 0.29) is 29.7 Å². The molecule has 0 aromatic carbocycles. The molecule has 128 valence electrons. The molecule has 2 rings (SSSR count). The fourth-order valence-corrected chi connectivity index (χ4v) is 2.00. The van der Waals surface area contributed by atoms with Crippen LogP contribution in [0.25, 0.3) is 11.2 Å². The molecule has 11 heteroatoms. The maximum atomic E-state index is 12.0. The number of aromatic nitrogens is 4. The summed E-state index contributed by atoms with van der Waals surface area (Å²) in [7, 11) is 1.36. The molecule has 4 N–H and O–H groups in total. The van der Waals surface area contributed by atoms with Crippen molar-refractivity contribution in [2.75, 3.05) is 0 Å². The van der Waals surface area contributed by atoms with Crippen LogP contribution in [0.15, 0.2) is 14.4 Å². The number of nitrogens with one attached hydrogen (secondary N) is 3. The van der Waals surface area contributed by atoms with Crippen LogP contribution in [0.1, 0.15) is 19.0 Å². The number of carbonyl (C=O) groups excluding carboxylic acids is 1. The molecule has 0 saturated heterocycles. The van der Waals surface area contributed by atoms with Crippen LogP contribution >= 0.6 is 0 Å². The summed E-state index contributed by atoms with van der Waals surface area (Å²) in [4.78, 5) is 65.9. The molecule has 1 atom stereocenters. The molecule has 0 aliphatic heterocycles. The zero-order chi connectivity index (χ0) is 18.0. The highest BCUT2D eigenvalue weighted by atomic mass is 16.4. The average molecular weight is 337 g/mol. The van der Waals surface area contributed by atoms with Gasteiger partial charge in [-0.1, -0.05) is 0 Å². The third-order valence-electron chi connectivity index (χ3n) is 3.38. The second-order valence-corrected chi connectivity index (χ2v) is 5.16. The lowest BCUT2D eigenvalue weighted by Crippen LogP contribution is -2.38. The number of carboxylic acids is 1. The number of hydrogen-bond donors (Lipinski definition) is 4. The van der Waals surface area contributed by atoms with Crippen molar-refractivity contribution < 1.29 is 14.7 Å². The first-order valence-electron chi connectivity index (χ1n) is 6.95. The van der Waals surface area contributed by atoms with Crippen molar-refractivity contribution in [2.24, 2.45) is 7.05 Å². The van der Waals surface area contributed by atoms with E-state index in [2.05, 4.69) is 20.3 Å². The number of carbonyl (C=O) groups is 2. The third-order valence-corrected chi connectivity index (χ3v) is 3.38. The summed E-state index contributed by atoms with van der Waals surface area (Å²) in [5, 5.41) is 11.0. The van der Waals surface area contributed by atoms with Gasteiger partial charge in [-0.15, -0.1) is 0 Å². The Balaban J connectivity index is 2.28. The number of fused-ring (bicyclic) bond motifs is 1. The number of aromatic amines is 2. The molecule has 2 heterocycles. The topological polar surface area (TPSA) is 167 Å². The van der Waals surface area contributed by atoms with Crippen molar-refractivity contribution in [2.45, 2.75) is 25.8 Å². The van der Waals surface area contributed by atoms with Gasteiger partial charge in [0.15, 0.2) is 5.52 Å². The Kier molecular flexibility index (Phi) is 4.62. The maximum Gasteiger partial charge on any atom is 0.329 e. The molecule has 0 radical (unpaired) electrons. The van der Waals surface area contributed by atoms with E-state index in [1.54, 1.807) is 0 Å². The number of carboxylic acid groups (broad SMARTS) is 1. The minimum atomic E-state index is -1.18. The Hall–Kier alpha value is -3.24. The fraction of sp³-hybridized carbons (Fsp3) is 0.385. The Morgan fingerprint density at radius 2 is 1.92 bits per heavy atom. The highest BCUT2D eigenvalue weighted by Gasteiger charge is 2.16. The van der Waals surface area contributed by atoms with Crippen molar-refractivity contribution in [1.29, 1.82) is 0 Å². The zero-order valence-electron chi connectivity index (χ0n) is 12.9. The number of H-pyrrole nitrogens is 2. The van der Waals surface area contributed by atoms with Crippen molar-refractivity contribution in [3.63, 3.8) is 0 Å². The number of nitrogens with zero attached hydrogens (tertiary/aromatic N) is 2. The molecule has 0 unspecified atom stereocenters. The maximum absolute atomic E-state index is 12.0. The predicted octanol–water partition coefficient (Wildman–Crippen LogP) is -2.17. The smallest absolute Gasteiger partial charge is 0.329 e. The molecule has 1 amide bonds. The molecule has 2 aromatic heterocycles. The van der Waals surface area contributed by atoms with Gasteiger partial charge in [-0.3, -0.25) is 28.7 Å². The van der Waals surface area contributed by atoms with Crippen LogP contribution in [-0.2, 0) is 23.1 Å². The lowest BCUT2D eigenvalue weighted by molar-refractivity contribution is -0.141. The van der Waals surface area contributed by atoms with Crippen molar-refractivity contribution in [3.05, 3.63) is 36.9 Å². The molecule has 11 nitrogen and oxygen atoms in total. The Morgan fingerprint density at radius 3 is 2.54 bits per heavy atom. The highest BCUT2D eigenvalue weighted by molar-refractivity contribution is 5.83. The van der Waals surface area contributed by atoms with Crippen molar-refractivity contribution in [1.82, 2.24) is 24.8 Å². The summed E-state index contributed by atoms with van der Waals surface area (Å²) in [6, 6.07) is -1.06. The van der Waals surface area contributed by atoms with Crippen LogP contribution in [0.5, 0.6) is 0 Å². The van der Waals surface area contributed by atoms with Gasteiger partial charge in [0.1, 0.15) is 17.4 Å². The Labute approximate surface area is 133 Å². The SMILES string of the molecule is C[C@H](NC(=O)CCc1nc2c(=O)[nH]c(=O)n(C)c2[nH]c1=O)C(=O)O. The van der Waals surface area contributed by atoms with Gasteiger partial charge in [0.2, 0.25) is 5.91 Å². The monoisotopic (exact) mass is 337 g/mol. The van der Waals surface area contributed by atoms with E-state index in [0.717, 1.165) is 4.57 Å². The second-order valence-electron chi connectivity index (χ2n) is 5.16. The average Bonchev–Trinajstić information content (AvgIpc) is 2.51. The summed E-state index contributed by atoms with van der Waals surface area (Å²) in [5.41, 5.74) is -2.31.